The van der Waals surface area contributed by atoms with Crippen molar-refractivity contribution in [3.05, 3.63) is 24.3 Å². The Labute approximate surface area is 124 Å². The lowest BCUT2D eigenvalue weighted by Crippen LogP contribution is -2.22. The van der Waals surface area contributed by atoms with Gasteiger partial charge in [0.1, 0.15) is 0 Å². The molecule has 2 rings (SSSR count). The van der Waals surface area contributed by atoms with Crippen LogP contribution in [-0.2, 0) is 16.0 Å². The van der Waals surface area contributed by atoms with Gasteiger partial charge in [-0.3, -0.25) is 9.25 Å². The number of ether oxygens (including phenoxy) is 2. The molecule has 0 amide bonds. The molecule has 7 heteroatoms. The molecule has 0 saturated heterocycles. The van der Waals surface area contributed by atoms with Crippen LogP contribution in [0.2, 0.25) is 0 Å². The minimum absolute atomic E-state index is 0.180. The Kier molecular flexibility index (Phi) is 5.35. The van der Waals surface area contributed by atoms with Crippen LogP contribution in [0.1, 0.15) is 12.6 Å². The number of aryl methyl sites for hydroxylation is 1. The van der Waals surface area contributed by atoms with E-state index in [1.165, 1.54) is 0 Å². The van der Waals surface area contributed by atoms with E-state index in [4.69, 9.17) is 9.47 Å². The van der Waals surface area contributed by atoms with E-state index >= 15 is 0 Å². The van der Waals surface area contributed by atoms with Crippen LogP contribution in [0.25, 0.3) is 5.69 Å². The second-order valence-corrected chi connectivity index (χ2v) is 5.03. The first-order chi connectivity index (χ1) is 10.1. The summed E-state index contributed by atoms with van der Waals surface area (Å²) in [6.07, 6.45) is 5.79. The molecule has 1 N–H and O–H groups in total. The summed E-state index contributed by atoms with van der Waals surface area (Å²) in [6.45, 7) is 6.02. The van der Waals surface area contributed by atoms with Gasteiger partial charge in [0, 0.05) is 32.7 Å². The predicted octanol–water partition coefficient (Wildman–Crippen LogP) is 1.47. The second-order valence-electron chi connectivity index (χ2n) is 5.03. The fraction of sp³-hybridized carbons (Fsp3) is 0.571. The lowest BCUT2D eigenvalue weighted by atomic mass is 10.4. The monoisotopic (exact) mass is 293 g/mol. The number of hydrogen-bond acceptors (Lipinski definition) is 5. The summed E-state index contributed by atoms with van der Waals surface area (Å²) >= 11 is 0. The lowest BCUT2D eigenvalue weighted by Gasteiger charge is -2.14. The van der Waals surface area contributed by atoms with Crippen molar-refractivity contribution in [1.29, 1.82) is 0 Å². The molecule has 2 aromatic rings. The Morgan fingerprint density at radius 3 is 2.81 bits per heavy atom. The van der Waals surface area contributed by atoms with E-state index in [1.54, 1.807) is 14.2 Å². The Bertz CT molecular complexity index is 563. The SMILES string of the molecule is COCCn1cc(-n2cc(C)nc2NC(C)COC)cn1. The predicted molar refractivity (Wildman–Crippen MR) is 80.9 cm³/mol. The maximum Gasteiger partial charge on any atom is 0.208 e. The van der Waals surface area contributed by atoms with E-state index in [2.05, 4.69) is 22.3 Å². The standard InChI is InChI=1S/C14H23N5O2/c1-11-8-19(14(16-11)17-12(2)10-21-4)13-7-15-18(9-13)5-6-20-3/h7-9,12H,5-6,10H2,1-4H3,(H,16,17). The van der Waals surface area contributed by atoms with E-state index in [9.17, 15) is 0 Å². The van der Waals surface area contributed by atoms with E-state index < -0.39 is 0 Å². The molecule has 7 nitrogen and oxygen atoms in total. The van der Waals surface area contributed by atoms with Gasteiger partial charge < -0.3 is 14.8 Å². The molecular formula is C14H23N5O2. The van der Waals surface area contributed by atoms with Crippen molar-refractivity contribution in [2.45, 2.75) is 26.4 Å². The summed E-state index contributed by atoms with van der Waals surface area (Å²) in [4.78, 5) is 4.52. The highest BCUT2D eigenvalue weighted by atomic mass is 16.5. The number of nitrogens with one attached hydrogen (secondary N) is 1. The zero-order valence-corrected chi connectivity index (χ0v) is 13.0. The van der Waals surface area contributed by atoms with Gasteiger partial charge in [-0.2, -0.15) is 5.10 Å². The first-order valence-electron chi connectivity index (χ1n) is 6.97. The van der Waals surface area contributed by atoms with E-state index in [1.807, 2.05) is 34.8 Å². The molecule has 0 aromatic carbocycles. The molecule has 0 aliphatic heterocycles. The fourth-order valence-corrected chi connectivity index (χ4v) is 2.09. The summed E-state index contributed by atoms with van der Waals surface area (Å²) in [5.41, 5.74) is 1.92. The van der Waals surface area contributed by atoms with Crippen molar-refractivity contribution in [1.82, 2.24) is 19.3 Å². The van der Waals surface area contributed by atoms with Crippen molar-refractivity contribution in [2.75, 3.05) is 32.8 Å². The van der Waals surface area contributed by atoms with E-state index in [0.717, 1.165) is 23.9 Å². The summed E-state index contributed by atoms with van der Waals surface area (Å²) in [5, 5.41) is 7.68. The third-order valence-electron chi connectivity index (χ3n) is 3.04. The van der Waals surface area contributed by atoms with Crippen LogP contribution < -0.4 is 5.32 Å². The average Bonchev–Trinajstić information content (AvgIpc) is 3.03. The topological polar surface area (TPSA) is 66.1 Å². The minimum atomic E-state index is 0.180. The Morgan fingerprint density at radius 1 is 1.29 bits per heavy atom. The molecule has 0 bridgehead atoms. The third-order valence-corrected chi connectivity index (χ3v) is 3.04. The van der Waals surface area contributed by atoms with Crippen LogP contribution in [-0.4, -0.2) is 52.8 Å². The van der Waals surface area contributed by atoms with Crippen molar-refractivity contribution in [2.24, 2.45) is 0 Å². The number of aromatic nitrogens is 4. The molecule has 116 valence electrons. The minimum Gasteiger partial charge on any atom is -0.383 e. The highest BCUT2D eigenvalue weighted by Gasteiger charge is 2.12. The zero-order chi connectivity index (χ0) is 15.2. The van der Waals surface area contributed by atoms with Crippen LogP contribution in [0, 0.1) is 6.92 Å². The van der Waals surface area contributed by atoms with Crippen LogP contribution >= 0.6 is 0 Å². The highest BCUT2D eigenvalue weighted by molar-refractivity contribution is 5.41. The van der Waals surface area contributed by atoms with Crippen molar-refractivity contribution >= 4 is 5.95 Å². The van der Waals surface area contributed by atoms with E-state index in [-0.39, 0.29) is 6.04 Å². The quantitative estimate of drug-likeness (QED) is 0.798. The molecule has 2 heterocycles. The third kappa shape index (κ3) is 4.05. The Morgan fingerprint density at radius 2 is 2.10 bits per heavy atom. The van der Waals surface area contributed by atoms with Crippen LogP contribution in [0.4, 0.5) is 5.95 Å². The molecule has 1 unspecified atom stereocenters. The maximum absolute atomic E-state index is 5.15. The number of nitrogens with zero attached hydrogens (tertiary/aromatic N) is 4. The van der Waals surface area contributed by atoms with Crippen molar-refractivity contribution < 1.29 is 9.47 Å². The van der Waals surface area contributed by atoms with Gasteiger partial charge in [0.2, 0.25) is 5.95 Å². The van der Waals surface area contributed by atoms with Gasteiger partial charge in [-0.15, -0.1) is 0 Å². The fourth-order valence-electron chi connectivity index (χ4n) is 2.09. The molecule has 1 atom stereocenters. The normalized spacial score (nSPS) is 12.6. The largest absolute Gasteiger partial charge is 0.383 e. The number of hydrogen-bond donors (Lipinski definition) is 1. The molecule has 2 aromatic heterocycles. The summed E-state index contributed by atoms with van der Waals surface area (Å²) in [6, 6.07) is 0.180. The van der Waals surface area contributed by atoms with E-state index in [0.29, 0.717) is 13.2 Å². The summed E-state index contributed by atoms with van der Waals surface area (Å²) in [7, 11) is 3.37. The van der Waals surface area contributed by atoms with Gasteiger partial charge in [-0.05, 0) is 13.8 Å². The first-order valence-corrected chi connectivity index (χ1v) is 6.97. The Balaban J connectivity index is 2.16. The van der Waals surface area contributed by atoms with Crippen molar-refractivity contribution in [3.8, 4) is 5.69 Å². The molecule has 21 heavy (non-hydrogen) atoms. The van der Waals surface area contributed by atoms with Gasteiger partial charge in [-0.1, -0.05) is 0 Å². The molecule has 0 fully saturated rings. The lowest BCUT2D eigenvalue weighted by molar-refractivity contribution is 0.183. The van der Waals surface area contributed by atoms with Gasteiger partial charge in [-0.25, -0.2) is 4.98 Å². The molecular weight excluding hydrogens is 270 g/mol. The van der Waals surface area contributed by atoms with Crippen molar-refractivity contribution in [3.63, 3.8) is 0 Å². The zero-order valence-electron chi connectivity index (χ0n) is 13.0. The van der Waals surface area contributed by atoms with Crippen LogP contribution in [0.5, 0.6) is 0 Å². The smallest absolute Gasteiger partial charge is 0.208 e. The second kappa shape index (κ2) is 7.24. The van der Waals surface area contributed by atoms with Gasteiger partial charge in [0.05, 0.1) is 37.3 Å². The number of methoxy groups -OCH3 is 2. The van der Waals surface area contributed by atoms with Gasteiger partial charge >= 0.3 is 0 Å². The average molecular weight is 293 g/mol. The number of imidazole rings is 1. The summed E-state index contributed by atoms with van der Waals surface area (Å²) < 4.78 is 14.1. The first kappa shape index (κ1) is 15.5. The van der Waals surface area contributed by atoms with Crippen LogP contribution in [0.15, 0.2) is 18.6 Å². The molecule has 0 aliphatic rings. The highest BCUT2D eigenvalue weighted by Crippen LogP contribution is 2.17. The van der Waals surface area contributed by atoms with Crippen LogP contribution in [0.3, 0.4) is 0 Å². The van der Waals surface area contributed by atoms with Gasteiger partial charge in [0.15, 0.2) is 0 Å². The maximum atomic E-state index is 5.15. The number of rotatable bonds is 8. The molecule has 0 spiro atoms. The molecule has 0 saturated carbocycles. The van der Waals surface area contributed by atoms with Gasteiger partial charge in [0.25, 0.3) is 0 Å². The number of anilines is 1. The summed E-state index contributed by atoms with van der Waals surface area (Å²) in [5.74, 6) is 0.795. The Hall–Kier alpha value is -1.86. The molecule has 0 radical (unpaired) electrons. The molecule has 0 aliphatic carbocycles.